The van der Waals surface area contributed by atoms with Crippen molar-refractivity contribution in [2.45, 2.75) is 110 Å². The summed E-state index contributed by atoms with van der Waals surface area (Å²) < 4.78 is 0. The van der Waals surface area contributed by atoms with Gasteiger partial charge in [0.2, 0.25) is 0 Å². The predicted molar refractivity (Wildman–Crippen MR) is 114 cm³/mol. The third-order valence-corrected chi connectivity index (χ3v) is 5.28. The summed E-state index contributed by atoms with van der Waals surface area (Å²) in [4.78, 5) is 26.6. The van der Waals surface area contributed by atoms with E-state index in [0.717, 1.165) is 38.5 Å². The molecule has 0 saturated carbocycles. The molecule has 0 bridgehead atoms. The van der Waals surface area contributed by atoms with Gasteiger partial charge in [0.05, 0.1) is 6.10 Å². The Kier molecular flexibility index (Phi) is 9.15. The van der Waals surface area contributed by atoms with Gasteiger partial charge in [-0.1, -0.05) is 39.2 Å². The Hall–Kier alpha value is -1.40. The van der Waals surface area contributed by atoms with E-state index in [1.165, 1.54) is 0 Å². The van der Waals surface area contributed by atoms with Crippen molar-refractivity contribution in [3.05, 3.63) is 12.2 Å². The van der Waals surface area contributed by atoms with Crippen LogP contribution in [0.1, 0.15) is 86.5 Å². The summed E-state index contributed by atoms with van der Waals surface area (Å²) in [5.41, 5.74) is 0.00417. The van der Waals surface area contributed by atoms with E-state index in [2.05, 4.69) is 51.8 Å². The molecule has 28 heavy (non-hydrogen) atoms. The molecule has 1 aliphatic rings. The predicted octanol–water partition coefficient (Wildman–Crippen LogP) is 3.74. The van der Waals surface area contributed by atoms with E-state index in [0.29, 0.717) is 12.0 Å². The Morgan fingerprint density at radius 3 is 2.25 bits per heavy atom. The molecule has 0 radical (unpaired) electrons. The number of rotatable bonds is 9. The lowest BCUT2D eigenvalue weighted by Gasteiger charge is -2.49. The van der Waals surface area contributed by atoms with Crippen LogP contribution in [0.4, 0.5) is 4.79 Å². The Morgan fingerprint density at radius 2 is 1.75 bits per heavy atom. The normalized spacial score (nSPS) is 19.7. The molecule has 1 aliphatic heterocycles. The van der Waals surface area contributed by atoms with E-state index < -0.39 is 18.0 Å². The summed E-state index contributed by atoms with van der Waals surface area (Å²) in [6, 6.07) is -0.506. The van der Waals surface area contributed by atoms with E-state index in [4.69, 9.17) is 0 Å². The molecular weight excluding hydrogens is 354 g/mol. The van der Waals surface area contributed by atoms with Crippen molar-refractivity contribution < 1.29 is 14.7 Å². The topological polar surface area (TPSA) is 81.7 Å². The molecule has 162 valence electrons. The molecule has 6 heteroatoms. The zero-order chi connectivity index (χ0) is 21.5. The SMILES string of the molecule is C=C(C)C(=O)NC(=O)N(CC(O)CCCCCC)C1CC(C)(C)NC(C)(C)C1. The van der Waals surface area contributed by atoms with Crippen molar-refractivity contribution >= 4 is 11.9 Å². The number of unbranched alkanes of at least 4 members (excludes halogenated alkanes) is 3. The van der Waals surface area contributed by atoms with Gasteiger partial charge in [-0.25, -0.2) is 4.79 Å². The van der Waals surface area contributed by atoms with Crippen LogP contribution in [0.3, 0.4) is 0 Å². The average molecular weight is 396 g/mol. The second-order valence-electron chi connectivity index (χ2n) is 9.65. The lowest BCUT2D eigenvalue weighted by Crippen LogP contribution is -2.64. The Bertz CT molecular complexity index is 541. The lowest BCUT2D eigenvalue weighted by molar-refractivity contribution is -0.116. The van der Waals surface area contributed by atoms with Crippen LogP contribution in [-0.2, 0) is 4.79 Å². The molecule has 6 nitrogen and oxygen atoms in total. The number of nitrogens with one attached hydrogen (secondary N) is 2. The highest BCUT2D eigenvalue weighted by atomic mass is 16.3. The molecule has 1 saturated heterocycles. The largest absolute Gasteiger partial charge is 0.391 e. The van der Waals surface area contributed by atoms with Crippen LogP contribution in [0.15, 0.2) is 12.2 Å². The van der Waals surface area contributed by atoms with Gasteiger partial charge in [-0.2, -0.15) is 0 Å². The zero-order valence-electron chi connectivity index (χ0n) is 18.7. The summed E-state index contributed by atoms with van der Waals surface area (Å²) in [5.74, 6) is -0.472. The van der Waals surface area contributed by atoms with Gasteiger partial charge in [0.25, 0.3) is 5.91 Å². The summed E-state index contributed by atoms with van der Waals surface area (Å²) in [6.07, 6.45) is 5.91. The molecule has 3 N–H and O–H groups in total. The third kappa shape index (κ3) is 8.31. The zero-order valence-corrected chi connectivity index (χ0v) is 18.7. The molecule has 1 atom stereocenters. The lowest BCUT2D eigenvalue weighted by atomic mass is 9.79. The summed E-state index contributed by atoms with van der Waals surface area (Å²) in [5, 5.41) is 16.6. The quantitative estimate of drug-likeness (QED) is 0.410. The van der Waals surface area contributed by atoms with Gasteiger partial charge in [-0.3, -0.25) is 10.1 Å². The number of nitrogens with zero attached hydrogens (tertiary/aromatic N) is 1. The van der Waals surface area contributed by atoms with Gasteiger partial charge < -0.3 is 15.3 Å². The first-order valence-corrected chi connectivity index (χ1v) is 10.6. The van der Waals surface area contributed by atoms with E-state index in [9.17, 15) is 14.7 Å². The highest BCUT2D eigenvalue weighted by Gasteiger charge is 2.41. The minimum absolute atomic E-state index is 0.0607. The molecule has 0 aromatic carbocycles. The summed E-state index contributed by atoms with van der Waals surface area (Å²) >= 11 is 0. The fraction of sp³-hybridized carbons (Fsp3) is 0.818. The van der Waals surface area contributed by atoms with Crippen LogP contribution in [0.2, 0.25) is 0 Å². The molecule has 0 aromatic rings. The number of aliphatic hydroxyl groups is 1. The maximum absolute atomic E-state index is 12.9. The molecule has 3 amide bonds. The smallest absolute Gasteiger partial charge is 0.324 e. The Labute approximate surface area is 171 Å². The van der Waals surface area contributed by atoms with E-state index in [1.807, 2.05) is 0 Å². The number of hydrogen-bond acceptors (Lipinski definition) is 4. The first kappa shape index (κ1) is 24.6. The number of hydrogen-bond donors (Lipinski definition) is 3. The minimum atomic E-state index is -0.594. The second-order valence-corrected chi connectivity index (χ2v) is 9.65. The van der Waals surface area contributed by atoms with Gasteiger partial charge in [-0.15, -0.1) is 0 Å². The maximum atomic E-state index is 12.9. The van der Waals surface area contributed by atoms with Crippen molar-refractivity contribution in [1.29, 1.82) is 0 Å². The standard InChI is InChI=1S/C22H41N3O3/c1-8-9-10-11-12-18(26)15-25(20(28)23-19(27)16(2)3)17-13-21(4,5)24-22(6,7)14-17/h17-18,24,26H,2,8-15H2,1,3-7H3,(H,23,27,28). The molecule has 0 aliphatic carbocycles. The highest BCUT2D eigenvalue weighted by Crippen LogP contribution is 2.32. The van der Waals surface area contributed by atoms with Crippen molar-refractivity contribution in [3.8, 4) is 0 Å². The number of aliphatic hydroxyl groups excluding tert-OH is 1. The van der Waals surface area contributed by atoms with Crippen LogP contribution in [0.5, 0.6) is 0 Å². The van der Waals surface area contributed by atoms with Crippen molar-refractivity contribution in [2.75, 3.05) is 6.54 Å². The van der Waals surface area contributed by atoms with Gasteiger partial charge in [0.15, 0.2) is 0 Å². The van der Waals surface area contributed by atoms with Crippen LogP contribution in [0, 0.1) is 0 Å². The Morgan fingerprint density at radius 1 is 1.18 bits per heavy atom. The molecular formula is C22H41N3O3. The molecule has 1 rings (SSSR count). The molecule has 1 heterocycles. The van der Waals surface area contributed by atoms with Crippen LogP contribution >= 0.6 is 0 Å². The first-order valence-electron chi connectivity index (χ1n) is 10.6. The van der Waals surface area contributed by atoms with Crippen molar-refractivity contribution in [3.63, 3.8) is 0 Å². The molecule has 1 fully saturated rings. The van der Waals surface area contributed by atoms with Gasteiger partial charge in [0.1, 0.15) is 0 Å². The number of imide groups is 1. The van der Waals surface area contributed by atoms with E-state index in [1.54, 1.807) is 11.8 Å². The molecule has 0 aromatic heterocycles. The number of carbonyl (C=O) groups is 2. The number of piperidine rings is 1. The first-order chi connectivity index (χ1) is 12.9. The number of carbonyl (C=O) groups excluding carboxylic acids is 2. The van der Waals surface area contributed by atoms with Crippen molar-refractivity contribution in [1.82, 2.24) is 15.5 Å². The second kappa shape index (κ2) is 10.4. The molecule has 1 unspecified atom stereocenters. The van der Waals surface area contributed by atoms with Crippen LogP contribution in [0.25, 0.3) is 0 Å². The number of amides is 3. The summed E-state index contributed by atoms with van der Waals surface area (Å²) in [7, 11) is 0. The average Bonchev–Trinajstić information content (AvgIpc) is 2.53. The van der Waals surface area contributed by atoms with Crippen LogP contribution < -0.4 is 10.6 Å². The van der Waals surface area contributed by atoms with Crippen molar-refractivity contribution in [2.24, 2.45) is 0 Å². The fourth-order valence-corrected chi connectivity index (χ4v) is 4.29. The number of urea groups is 1. The molecule has 0 spiro atoms. The highest BCUT2D eigenvalue weighted by molar-refractivity contribution is 6.03. The van der Waals surface area contributed by atoms with E-state index >= 15 is 0 Å². The third-order valence-electron chi connectivity index (χ3n) is 5.28. The summed E-state index contributed by atoms with van der Waals surface area (Å²) in [6.45, 7) is 16.1. The monoisotopic (exact) mass is 395 g/mol. The van der Waals surface area contributed by atoms with Gasteiger partial charge in [-0.05, 0) is 53.9 Å². The minimum Gasteiger partial charge on any atom is -0.391 e. The fourth-order valence-electron chi connectivity index (χ4n) is 4.29. The Balaban J connectivity index is 2.92. The van der Waals surface area contributed by atoms with Crippen LogP contribution in [-0.4, -0.2) is 51.7 Å². The van der Waals surface area contributed by atoms with Gasteiger partial charge >= 0.3 is 6.03 Å². The van der Waals surface area contributed by atoms with Gasteiger partial charge in [0, 0.05) is 29.2 Å². The maximum Gasteiger partial charge on any atom is 0.324 e. The van der Waals surface area contributed by atoms with E-state index in [-0.39, 0.29) is 23.7 Å².